The number of nitrogens with one attached hydrogen (secondary N) is 1. The molecule has 0 unspecified atom stereocenters. The summed E-state index contributed by atoms with van der Waals surface area (Å²) >= 11 is 1.66. The molecule has 6 heteroatoms. The second-order valence-corrected chi connectivity index (χ2v) is 13.2. The van der Waals surface area contributed by atoms with Crippen molar-refractivity contribution in [2.24, 2.45) is 0 Å². The van der Waals surface area contributed by atoms with Gasteiger partial charge in [0.05, 0.1) is 24.1 Å². The predicted octanol–water partition coefficient (Wildman–Crippen LogP) is 6.65. The highest BCUT2D eigenvalue weighted by Crippen LogP contribution is 2.33. The first kappa shape index (κ1) is 36.0. The Labute approximate surface area is 270 Å². The standard InChI is InChI=1S/C36H52N2O2S.BrH/c1-5-6-7-8-9-10-11-12-13-14-15-18-24-40-34-22-21-30(26-32(34)36(2,3)4)27-35(39)37-33-20-17-16-19-31(33)28-38-23-25-41-29-38;/h16-17,19-23,25-26,29H,5-15,18,24,27-28H2,1-4H3;1H. The van der Waals surface area contributed by atoms with Crippen LogP contribution in [0.2, 0.25) is 0 Å². The van der Waals surface area contributed by atoms with Crippen LogP contribution >= 0.6 is 11.3 Å². The molecule has 1 amide bonds. The number of hydrogen-bond acceptors (Lipinski definition) is 3. The molecule has 232 valence electrons. The van der Waals surface area contributed by atoms with Crippen molar-refractivity contribution in [3.63, 3.8) is 0 Å². The van der Waals surface area contributed by atoms with Gasteiger partial charge in [-0.25, -0.2) is 0 Å². The molecule has 0 aliphatic heterocycles. The first-order valence-electron chi connectivity index (χ1n) is 15.9. The van der Waals surface area contributed by atoms with E-state index < -0.39 is 0 Å². The van der Waals surface area contributed by atoms with Gasteiger partial charge in [0.1, 0.15) is 5.75 Å². The van der Waals surface area contributed by atoms with Crippen LogP contribution in [-0.2, 0) is 23.2 Å². The van der Waals surface area contributed by atoms with Gasteiger partial charge in [-0.3, -0.25) is 4.79 Å². The molecule has 0 bridgehead atoms. The van der Waals surface area contributed by atoms with Crippen LogP contribution in [0.4, 0.5) is 5.69 Å². The SMILES string of the molecule is CCCCCCCCCCCCCCOc1ccc(CC(=O)Nc2ccccc2C[n+]2ccsc2)cc1C(C)(C)C.[Br-]. The highest BCUT2D eigenvalue weighted by molar-refractivity contribution is 7.07. The molecular weight excluding hydrogens is 604 g/mol. The molecule has 0 saturated heterocycles. The monoisotopic (exact) mass is 656 g/mol. The number of anilines is 1. The lowest BCUT2D eigenvalue weighted by molar-refractivity contribution is -0.683. The second kappa shape index (κ2) is 19.9. The van der Waals surface area contributed by atoms with E-state index in [0.717, 1.165) is 47.7 Å². The van der Waals surface area contributed by atoms with Crippen molar-refractivity contribution < 1.29 is 31.1 Å². The number of carbonyl (C=O) groups is 1. The molecule has 0 aliphatic rings. The summed E-state index contributed by atoms with van der Waals surface area (Å²) in [7, 11) is 0. The summed E-state index contributed by atoms with van der Waals surface area (Å²) in [6.07, 6.45) is 18.5. The average Bonchev–Trinajstić information content (AvgIpc) is 3.45. The van der Waals surface area contributed by atoms with Gasteiger partial charge in [-0.2, -0.15) is 4.57 Å². The smallest absolute Gasteiger partial charge is 0.228 e. The Morgan fingerprint density at radius 3 is 2.14 bits per heavy atom. The van der Waals surface area contributed by atoms with Gasteiger partial charge in [-0.05, 0) is 35.1 Å². The number of thiazole rings is 1. The number of nitrogens with zero attached hydrogens (tertiary/aromatic N) is 1. The quantitative estimate of drug-likeness (QED) is 0.116. The summed E-state index contributed by atoms with van der Waals surface area (Å²) in [4.78, 5) is 13.0. The zero-order valence-corrected chi connectivity index (χ0v) is 28.8. The van der Waals surface area contributed by atoms with Gasteiger partial charge in [0, 0.05) is 5.56 Å². The Kier molecular flexibility index (Phi) is 17.1. The predicted molar refractivity (Wildman–Crippen MR) is 174 cm³/mol. The molecule has 0 spiro atoms. The van der Waals surface area contributed by atoms with Gasteiger partial charge >= 0.3 is 0 Å². The minimum atomic E-state index is -0.0667. The number of aromatic nitrogens is 1. The van der Waals surface area contributed by atoms with E-state index in [0.29, 0.717) is 6.42 Å². The molecule has 1 N–H and O–H groups in total. The molecule has 0 aliphatic carbocycles. The zero-order valence-electron chi connectivity index (χ0n) is 26.4. The van der Waals surface area contributed by atoms with Crippen LogP contribution in [0.3, 0.4) is 0 Å². The molecular formula is C36H53BrN2O2S. The van der Waals surface area contributed by atoms with E-state index in [2.05, 4.69) is 72.9 Å². The van der Waals surface area contributed by atoms with Crippen molar-refractivity contribution in [3.05, 3.63) is 76.2 Å². The van der Waals surface area contributed by atoms with Gasteiger partial charge in [0.15, 0.2) is 12.7 Å². The lowest BCUT2D eigenvalue weighted by Gasteiger charge is -2.24. The van der Waals surface area contributed by atoms with Gasteiger partial charge in [0.2, 0.25) is 11.4 Å². The van der Waals surface area contributed by atoms with Crippen LogP contribution in [0.5, 0.6) is 5.75 Å². The lowest BCUT2D eigenvalue weighted by Crippen LogP contribution is -3.00. The largest absolute Gasteiger partial charge is 1.00 e. The molecule has 0 radical (unpaired) electrons. The zero-order chi connectivity index (χ0) is 29.3. The van der Waals surface area contributed by atoms with Crippen LogP contribution in [0.15, 0.2) is 59.6 Å². The third kappa shape index (κ3) is 13.4. The molecule has 1 aromatic heterocycles. The Bertz CT molecular complexity index is 1160. The first-order valence-corrected chi connectivity index (χ1v) is 16.9. The van der Waals surface area contributed by atoms with Gasteiger partial charge in [-0.15, -0.1) is 0 Å². The Morgan fingerprint density at radius 1 is 0.881 bits per heavy atom. The van der Waals surface area contributed by atoms with Crippen molar-refractivity contribution in [2.45, 2.75) is 123 Å². The van der Waals surface area contributed by atoms with E-state index in [-0.39, 0.29) is 28.3 Å². The second-order valence-electron chi connectivity index (χ2n) is 12.4. The summed E-state index contributed by atoms with van der Waals surface area (Å²) in [6, 6.07) is 14.3. The Morgan fingerprint density at radius 2 is 1.52 bits per heavy atom. The minimum Gasteiger partial charge on any atom is -1.00 e. The van der Waals surface area contributed by atoms with Gasteiger partial charge < -0.3 is 27.0 Å². The molecule has 3 rings (SSSR count). The summed E-state index contributed by atoms with van der Waals surface area (Å²) in [5.41, 5.74) is 6.15. The van der Waals surface area contributed by atoms with Crippen LogP contribution in [0.25, 0.3) is 0 Å². The van der Waals surface area contributed by atoms with E-state index in [9.17, 15) is 4.79 Å². The third-order valence-corrected chi connectivity index (χ3v) is 8.32. The molecule has 4 nitrogen and oxygen atoms in total. The maximum Gasteiger partial charge on any atom is 0.228 e. The molecule has 0 atom stereocenters. The molecule has 0 fully saturated rings. The lowest BCUT2D eigenvalue weighted by atomic mass is 9.85. The van der Waals surface area contributed by atoms with E-state index in [1.165, 1.54) is 70.6 Å². The summed E-state index contributed by atoms with van der Waals surface area (Å²) < 4.78 is 8.40. The number of benzene rings is 2. The first-order chi connectivity index (χ1) is 19.9. The fourth-order valence-corrected chi connectivity index (χ4v) is 5.83. The van der Waals surface area contributed by atoms with Crippen molar-refractivity contribution in [2.75, 3.05) is 11.9 Å². The van der Waals surface area contributed by atoms with Crippen LogP contribution in [-0.4, -0.2) is 12.5 Å². The number of amides is 1. The number of ether oxygens (including phenoxy) is 1. The van der Waals surface area contributed by atoms with Crippen molar-refractivity contribution >= 4 is 22.9 Å². The van der Waals surface area contributed by atoms with Crippen molar-refractivity contribution in [1.82, 2.24) is 0 Å². The summed E-state index contributed by atoms with van der Waals surface area (Å²) in [5, 5.41) is 5.20. The number of rotatable bonds is 19. The number of unbranched alkanes of at least 4 members (excludes halogenated alkanes) is 11. The maximum absolute atomic E-state index is 13.0. The Balaban J connectivity index is 0.00000616. The van der Waals surface area contributed by atoms with E-state index in [4.69, 9.17) is 4.74 Å². The summed E-state index contributed by atoms with van der Waals surface area (Å²) in [6.45, 7) is 10.4. The molecule has 1 heterocycles. The number of para-hydroxylation sites is 1. The number of halogens is 1. The van der Waals surface area contributed by atoms with E-state index >= 15 is 0 Å². The van der Waals surface area contributed by atoms with Crippen LogP contribution in [0, 0.1) is 0 Å². The minimum absolute atomic E-state index is 0. The van der Waals surface area contributed by atoms with Crippen molar-refractivity contribution in [3.8, 4) is 5.75 Å². The number of carbonyl (C=O) groups excluding carboxylic acids is 1. The maximum atomic E-state index is 13.0. The fraction of sp³-hybridized carbons (Fsp3) is 0.556. The molecule has 42 heavy (non-hydrogen) atoms. The summed E-state index contributed by atoms with van der Waals surface area (Å²) in [5.74, 6) is 0.945. The van der Waals surface area contributed by atoms with Gasteiger partial charge in [-0.1, -0.05) is 140 Å². The normalized spacial score (nSPS) is 11.2. The fourth-order valence-electron chi connectivity index (χ4n) is 5.23. The number of hydrogen-bond donors (Lipinski definition) is 1. The van der Waals surface area contributed by atoms with Crippen LogP contribution in [0.1, 0.15) is 121 Å². The topological polar surface area (TPSA) is 42.2 Å². The van der Waals surface area contributed by atoms with Crippen molar-refractivity contribution in [1.29, 1.82) is 0 Å². The van der Waals surface area contributed by atoms with Gasteiger partial charge in [0.25, 0.3) is 0 Å². The average molecular weight is 658 g/mol. The molecule has 3 aromatic rings. The Hall–Kier alpha value is -2.18. The van der Waals surface area contributed by atoms with E-state index in [1.807, 2.05) is 24.3 Å². The van der Waals surface area contributed by atoms with E-state index in [1.54, 1.807) is 11.3 Å². The van der Waals surface area contributed by atoms with Crippen LogP contribution < -0.4 is 31.6 Å². The molecule has 2 aromatic carbocycles. The highest BCUT2D eigenvalue weighted by Gasteiger charge is 2.20. The highest BCUT2D eigenvalue weighted by atomic mass is 79.9. The molecule has 0 saturated carbocycles. The third-order valence-electron chi connectivity index (χ3n) is 7.64.